The molecule has 0 aromatic heterocycles. The van der Waals surface area contributed by atoms with Gasteiger partial charge >= 0.3 is 0 Å². The molecule has 1 aliphatic rings. The molecule has 1 heterocycles. The number of rotatable bonds is 6. The fourth-order valence-electron chi connectivity index (χ4n) is 2.08. The van der Waals surface area contributed by atoms with Gasteiger partial charge < -0.3 is 15.4 Å². The average molecular weight is 369 g/mol. The van der Waals surface area contributed by atoms with E-state index in [1.54, 1.807) is 20.8 Å². The summed E-state index contributed by atoms with van der Waals surface area (Å²) in [4.78, 5) is 23.5. The molecule has 138 valence electrons. The molecule has 0 spiro atoms. The minimum atomic E-state index is -3.62. The number of hydrogen-bond acceptors (Lipinski definition) is 5. The van der Waals surface area contributed by atoms with Crippen molar-refractivity contribution in [2.24, 2.45) is 5.92 Å². The summed E-state index contributed by atoms with van der Waals surface area (Å²) in [5, 5.41) is 5.13. The predicted octanol–water partition coefficient (Wildman–Crippen LogP) is 0.465. The molecule has 0 radical (unpaired) electrons. The van der Waals surface area contributed by atoms with Gasteiger partial charge in [0, 0.05) is 11.2 Å². The normalized spacial score (nSPS) is 15.3. The fraction of sp³-hybridized carbons (Fsp3) is 0.500. The van der Waals surface area contributed by atoms with Gasteiger partial charge in [-0.25, -0.2) is 13.1 Å². The molecular formula is C16H23N3O5S. The average Bonchev–Trinajstić information content (AvgIpc) is 2.41. The van der Waals surface area contributed by atoms with Gasteiger partial charge in [0.05, 0.1) is 30.6 Å². The summed E-state index contributed by atoms with van der Waals surface area (Å²) in [6.07, 6.45) is 0. The van der Waals surface area contributed by atoms with E-state index in [0.29, 0.717) is 18.9 Å². The molecule has 8 nitrogen and oxygen atoms in total. The maximum Gasteiger partial charge on any atom is 0.243 e. The summed E-state index contributed by atoms with van der Waals surface area (Å²) in [6, 6.07) is 5.81. The highest BCUT2D eigenvalue weighted by Gasteiger charge is 2.26. The van der Waals surface area contributed by atoms with Crippen LogP contribution in [0, 0.1) is 5.92 Å². The molecular weight excluding hydrogens is 346 g/mol. The van der Waals surface area contributed by atoms with Gasteiger partial charge in [-0.05, 0) is 45.0 Å². The monoisotopic (exact) mass is 369 g/mol. The highest BCUT2D eigenvalue weighted by atomic mass is 32.2. The van der Waals surface area contributed by atoms with Gasteiger partial charge in [0.2, 0.25) is 21.8 Å². The van der Waals surface area contributed by atoms with Crippen molar-refractivity contribution in [3.63, 3.8) is 0 Å². The van der Waals surface area contributed by atoms with E-state index in [2.05, 4.69) is 15.4 Å². The van der Waals surface area contributed by atoms with Crippen molar-refractivity contribution in [1.82, 2.24) is 10.0 Å². The number of sulfonamides is 1. The van der Waals surface area contributed by atoms with Gasteiger partial charge in [-0.1, -0.05) is 0 Å². The molecule has 1 aromatic rings. The van der Waals surface area contributed by atoms with E-state index < -0.39 is 21.5 Å². The first-order valence-corrected chi connectivity index (χ1v) is 9.34. The van der Waals surface area contributed by atoms with Crippen molar-refractivity contribution < 1.29 is 22.7 Å². The lowest BCUT2D eigenvalue weighted by Crippen LogP contribution is -2.44. The lowest BCUT2D eigenvalue weighted by Gasteiger charge is -2.24. The molecule has 1 aromatic carbocycles. The molecule has 9 heteroatoms. The molecule has 1 aliphatic heterocycles. The number of benzene rings is 1. The van der Waals surface area contributed by atoms with Crippen molar-refractivity contribution in [3.8, 4) is 0 Å². The van der Waals surface area contributed by atoms with Crippen LogP contribution < -0.4 is 15.4 Å². The van der Waals surface area contributed by atoms with Crippen molar-refractivity contribution in [3.05, 3.63) is 24.3 Å². The Morgan fingerprint density at radius 3 is 2.24 bits per heavy atom. The van der Waals surface area contributed by atoms with E-state index in [0.717, 1.165) is 0 Å². The van der Waals surface area contributed by atoms with Gasteiger partial charge in [0.1, 0.15) is 0 Å². The Balaban J connectivity index is 1.89. The van der Waals surface area contributed by atoms with Gasteiger partial charge in [-0.15, -0.1) is 0 Å². The van der Waals surface area contributed by atoms with Crippen LogP contribution >= 0.6 is 0 Å². The van der Waals surface area contributed by atoms with Crippen LogP contribution in [0.25, 0.3) is 0 Å². The van der Waals surface area contributed by atoms with Gasteiger partial charge in [-0.2, -0.15) is 0 Å². The zero-order valence-corrected chi connectivity index (χ0v) is 15.3. The van der Waals surface area contributed by atoms with Gasteiger partial charge in [-0.3, -0.25) is 9.59 Å². The Kier molecular flexibility index (Phi) is 5.81. The van der Waals surface area contributed by atoms with Crippen LogP contribution in [0.1, 0.15) is 20.8 Å². The summed E-state index contributed by atoms with van der Waals surface area (Å²) in [7, 11) is -3.62. The fourth-order valence-corrected chi connectivity index (χ4v) is 3.50. The van der Waals surface area contributed by atoms with Crippen LogP contribution in [0.15, 0.2) is 29.2 Å². The van der Waals surface area contributed by atoms with E-state index in [1.165, 1.54) is 24.3 Å². The van der Waals surface area contributed by atoms with Crippen molar-refractivity contribution in [2.75, 3.05) is 25.1 Å². The highest BCUT2D eigenvalue weighted by molar-refractivity contribution is 7.89. The largest absolute Gasteiger partial charge is 0.380 e. The van der Waals surface area contributed by atoms with Crippen LogP contribution in [0.3, 0.4) is 0 Å². The molecule has 0 aliphatic carbocycles. The van der Waals surface area contributed by atoms with Gasteiger partial charge in [0.25, 0.3) is 0 Å². The number of carbonyl (C=O) groups is 2. The Hall–Kier alpha value is -1.97. The Morgan fingerprint density at radius 2 is 1.76 bits per heavy atom. The Bertz CT molecular complexity index is 734. The molecule has 1 saturated heterocycles. The zero-order valence-electron chi connectivity index (χ0n) is 14.5. The van der Waals surface area contributed by atoms with Gasteiger partial charge in [0.15, 0.2) is 0 Å². The first-order chi connectivity index (χ1) is 11.6. The first kappa shape index (κ1) is 19.4. The van der Waals surface area contributed by atoms with Crippen molar-refractivity contribution in [2.45, 2.75) is 31.2 Å². The molecule has 3 N–H and O–H groups in total. The number of amides is 2. The second-order valence-electron chi connectivity index (χ2n) is 6.88. The highest BCUT2D eigenvalue weighted by Crippen LogP contribution is 2.16. The second-order valence-corrected chi connectivity index (χ2v) is 8.56. The lowest BCUT2D eigenvalue weighted by molar-refractivity contribution is -0.139. The topological polar surface area (TPSA) is 114 Å². The van der Waals surface area contributed by atoms with E-state index in [1.807, 2.05) is 0 Å². The summed E-state index contributed by atoms with van der Waals surface area (Å²) in [6.45, 7) is 5.87. The third-order valence-electron chi connectivity index (χ3n) is 3.32. The zero-order chi connectivity index (χ0) is 18.7. The SMILES string of the molecule is CC(C)(C)NS(=O)(=O)c1ccc(NC(=O)CNC(=O)C2COC2)cc1. The van der Waals surface area contributed by atoms with E-state index in [4.69, 9.17) is 4.74 Å². The minimum Gasteiger partial charge on any atom is -0.380 e. The molecule has 1 fully saturated rings. The number of hydrogen-bond donors (Lipinski definition) is 3. The third kappa shape index (κ3) is 5.80. The summed E-state index contributed by atoms with van der Waals surface area (Å²) in [5.41, 5.74) is -0.143. The molecule has 0 saturated carbocycles. The minimum absolute atomic E-state index is 0.110. The Labute approximate surface area is 147 Å². The molecule has 25 heavy (non-hydrogen) atoms. The summed E-state index contributed by atoms with van der Waals surface area (Å²) < 4.78 is 31.9. The van der Waals surface area contributed by atoms with Crippen LogP contribution in [0.4, 0.5) is 5.69 Å². The van der Waals surface area contributed by atoms with Crippen molar-refractivity contribution in [1.29, 1.82) is 0 Å². The second kappa shape index (κ2) is 7.51. The maximum absolute atomic E-state index is 12.2. The third-order valence-corrected chi connectivity index (χ3v) is 5.09. The van der Waals surface area contributed by atoms with E-state index >= 15 is 0 Å². The number of anilines is 1. The van der Waals surface area contributed by atoms with Crippen LogP contribution in [0.5, 0.6) is 0 Å². The van der Waals surface area contributed by atoms with E-state index in [-0.39, 0.29) is 23.3 Å². The van der Waals surface area contributed by atoms with Crippen LogP contribution in [-0.2, 0) is 24.3 Å². The van der Waals surface area contributed by atoms with E-state index in [9.17, 15) is 18.0 Å². The number of carbonyl (C=O) groups excluding carboxylic acids is 2. The molecule has 0 atom stereocenters. The van der Waals surface area contributed by atoms with Crippen molar-refractivity contribution >= 4 is 27.5 Å². The molecule has 0 bridgehead atoms. The maximum atomic E-state index is 12.2. The predicted molar refractivity (Wildman–Crippen MR) is 92.5 cm³/mol. The molecule has 2 amide bonds. The number of nitrogens with one attached hydrogen (secondary N) is 3. The van der Waals surface area contributed by atoms with Crippen LogP contribution in [-0.4, -0.2) is 45.5 Å². The lowest BCUT2D eigenvalue weighted by atomic mass is 10.1. The summed E-state index contributed by atoms with van der Waals surface area (Å²) in [5.74, 6) is -0.791. The summed E-state index contributed by atoms with van der Waals surface area (Å²) >= 11 is 0. The molecule has 2 rings (SSSR count). The first-order valence-electron chi connectivity index (χ1n) is 7.86. The molecule has 0 unspecified atom stereocenters. The van der Waals surface area contributed by atoms with Crippen LogP contribution in [0.2, 0.25) is 0 Å². The Morgan fingerprint density at radius 1 is 1.16 bits per heavy atom. The quantitative estimate of drug-likeness (QED) is 0.674. The smallest absolute Gasteiger partial charge is 0.243 e. The standard InChI is InChI=1S/C16H23N3O5S/c1-16(2,3)19-25(22,23)13-6-4-12(5-7-13)18-14(20)8-17-15(21)11-9-24-10-11/h4-7,11,19H,8-10H2,1-3H3,(H,17,21)(H,18,20). The number of ether oxygens (including phenoxy) is 1.